The van der Waals surface area contributed by atoms with Crippen molar-refractivity contribution >= 4 is 33.2 Å². The van der Waals surface area contributed by atoms with Gasteiger partial charge in [0.25, 0.3) is 0 Å². The molecule has 134 valence electrons. The molecule has 8 heteroatoms. The first-order valence-corrected chi connectivity index (χ1v) is 9.29. The van der Waals surface area contributed by atoms with E-state index in [0.29, 0.717) is 22.0 Å². The second kappa shape index (κ2) is 7.86. The number of benzene rings is 2. The molecule has 2 aromatic rings. The first kappa shape index (κ1) is 19.2. The van der Waals surface area contributed by atoms with Crippen molar-refractivity contribution in [2.24, 2.45) is 0 Å². The van der Waals surface area contributed by atoms with Crippen LogP contribution in [0.4, 0.5) is 5.69 Å². The smallest absolute Gasteiger partial charge is 0.241 e. The van der Waals surface area contributed by atoms with Gasteiger partial charge in [-0.1, -0.05) is 29.3 Å². The van der Waals surface area contributed by atoms with E-state index in [9.17, 15) is 13.2 Å². The molecule has 0 unspecified atom stereocenters. The summed E-state index contributed by atoms with van der Waals surface area (Å²) in [7, 11) is -2.33. The summed E-state index contributed by atoms with van der Waals surface area (Å²) in [5, 5.41) is 3.00. The molecular formula is C17H19ClN2O4S. The maximum atomic E-state index is 12.4. The van der Waals surface area contributed by atoms with Gasteiger partial charge >= 0.3 is 0 Å². The van der Waals surface area contributed by atoms with Crippen LogP contribution in [0.3, 0.4) is 0 Å². The second-order valence-electron chi connectivity index (χ2n) is 5.49. The van der Waals surface area contributed by atoms with Crippen molar-refractivity contribution in [1.82, 2.24) is 4.72 Å². The van der Waals surface area contributed by atoms with Crippen LogP contribution >= 0.6 is 11.6 Å². The van der Waals surface area contributed by atoms with E-state index in [1.807, 2.05) is 6.92 Å². The highest BCUT2D eigenvalue weighted by Crippen LogP contribution is 2.27. The third-order valence-electron chi connectivity index (χ3n) is 3.48. The molecule has 0 fully saturated rings. The van der Waals surface area contributed by atoms with Crippen LogP contribution in [0.5, 0.6) is 5.75 Å². The van der Waals surface area contributed by atoms with Crippen molar-refractivity contribution < 1.29 is 17.9 Å². The lowest BCUT2D eigenvalue weighted by atomic mass is 10.2. The second-order valence-corrected chi connectivity index (χ2v) is 7.66. The van der Waals surface area contributed by atoms with E-state index in [-0.39, 0.29) is 4.90 Å². The summed E-state index contributed by atoms with van der Waals surface area (Å²) in [5.74, 6) is -0.108. The molecule has 25 heavy (non-hydrogen) atoms. The monoisotopic (exact) mass is 382 g/mol. The lowest BCUT2D eigenvalue weighted by molar-refractivity contribution is -0.115. The predicted octanol–water partition coefficient (Wildman–Crippen LogP) is 2.88. The fraction of sp³-hybridized carbons (Fsp3) is 0.235. The standard InChI is InChI=1S/C17H19ClN2O4S/c1-11-4-7-16(12(2)8-11)25(22,23)19-10-17(21)20-14-9-13(18)5-6-15(14)24-3/h4-9,19H,10H2,1-3H3,(H,20,21). The van der Waals surface area contributed by atoms with E-state index in [2.05, 4.69) is 10.0 Å². The zero-order chi connectivity index (χ0) is 18.6. The van der Waals surface area contributed by atoms with Gasteiger partial charge in [-0.3, -0.25) is 4.79 Å². The van der Waals surface area contributed by atoms with Gasteiger partial charge in [-0.15, -0.1) is 0 Å². The van der Waals surface area contributed by atoms with Gasteiger partial charge in [-0.05, 0) is 43.7 Å². The van der Waals surface area contributed by atoms with Crippen molar-refractivity contribution in [1.29, 1.82) is 0 Å². The molecule has 1 amide bonds. The van der Waals surface area contributed by atoms with Crippen LogP contribution in [-0.4, -0.2) is 28.0 Å². The molecule has 0 atom stereocenters. The molecule has 0 heterocycles. The highest BCUT2D eigenvalue weighted by atomic mass is 35.5. The van der Waals surface area contributed by atoms with Crippen molar-refractivity contribution in [2.45, 2.75) is 18.7 Å². The highest BCUT2D eigenvalue weighted by molar-refractivity contribution is 7.89. The molecule has 2 N–H and O–H groups in total. The number of carbonyl (C=O) groups excluding carboxylic acids is 1. The number of ether oxygens (including phenoxy) is 1. The zero-order valence-corrected chi connectivity index (χ0v) is 15.7. The first-order valence-electron chi connectivity index (χ1n) is 7.43. The molecule has 2 rings (SSSR count). The maximum Gasteiger partial charge on any atom is 0.241 e. The molecule has 0 aromatic heterocycles. The van der Waals surface area contributed by atoms with Gasteiger partial charge in [0.15, 0.2) is 0 Å². The van der Waals surface area contributed by atoms with E-state index in [1.165, 1.54) is 19.2 Å². The number of aryl methyl sites for hydroxylation is 2. The van der Waals surface area contributed by atoms with Crippen LogP contribution in [0.25, 0.3) is 0 Å². The Morgan fingerprint density at radius 2 is 1.88 bits per heavy atom. The van der Waals surface area contributed by atoms with E-state index in [0.717, 1.165) is 5.56 Å². The van der Waals surface area contributed by atoms with Gasteiger partial charge in [0.05, 0.1) is 24.2 Å². The summed E-state index contributed by atoms with van der Waals surface area (Å²) in [5.41, 5.74) is 1.94. The number of amides is 1. The Morgan fingerprint density at radius 1 is 1.16 bits per heavy atom. The number of carbonyl (C=O) groups is 1. The number of hydrogen-bond donors (Lipinski definition) is 2. The number of anilines is 1. The Kier molecular flexibility index (Phi) is 6.05. The molecule has 0 saturated carbocycles. The quantitative estimate of drug-likeness (QED) is 0.804. The summed E-state index contributed by atoms with van der Waals surface area (Å²) in [6, 6.07) is 9.75. The minimum Gasteiger partial charge on any atom is -0.495 e. The number of nitrogens with one attached hydrogen (secondary N) is 2. The number of methoxy groups -OCH3 is 1. The minimum absolute atomic E-state index is 0.145. The van der Waals surface area contributed by atoms with Gasteiger partial charge in [0, 0.05) is 5.02 Å². The van der Waals surface area contributed by atoms with E-state index in [4.69, 9.17) is 16.3 Å². The summed E-state index contributed by atoms with van der Waals surface area (Å²) in [4.78, 5) is 12.2. The summed E-state index contributed by atoms with van der Waals surface area (Å²) >= 11 is 5.90. The third-order valence-corrected chi connectivity index (χ3v) is 5.27. The lowest BCUT2D eigenvalue weighted by Crippen LogP contribution is -2.33. The van der Waals surface area contributed by atoms with Crippen LogP contribution in [0.2, 0.25) is 5.02 Å². The molecule has 0 aliphatic heterocycles. The molecule has 0 aliphatic rings. The molecule has 0 aliphatic carbocycles. The Bertz CT molecular complexity index is 898. The van der Waals surface area contributed by atoms with Gasteiger partial charge in [0.2, 0.25) is 15.9 Å². The van der Waals surface area contributed by atoms with Crippen LogP contribution in [0, 0.1) is 13.8 Å². The van der Waals surface area contributed by atoms with Crippen molar-refractivity contribution in [3.8, 4) is 5.75 Å². The summed E-state index contributed by atoms with van der Waals surface area (Å²) < 4.78 is 32.1. The molecule has 2 aromatic carbocycles. The molecule has 6 nitrogen and oxygen atoms in total. The molecule has 0 spiro atoms. The van der Waals surface area contributed by atoms with Gasteiger partial charge in [0.1, 0.15) is 5.75 Å². The molecule has 0 bridgehead atoms. The fourth-order valence-corrected chi connectivity index (χ4v) is 3.69. The number of halogens is 1. The normalized spacial score (nSPS) is 11.2. The van der Waals surface area contributed by atoms with Crippen LogP contribution in [-0.2, 0) is 14.8 Å². The maximum absolute atomic E-state index is 12.4. The van der Waals surface area contributed by atoms with Crippen molar-refractivity contribution in [3.05, 3.63) is 52.5 Å². The molecular weight excluding hydrogens is 364 g/mol. The van der Waals surface area contributed by atoms with E-state index in [1.54, 1.807) is 31.2 Å². The topological polar surface area (TPSA) is 84.5 Å². The molecule has 0 radical (unpaired) electrons. The SMILES string of the molecule is COc1ccc(Cl)cc1NC(=O)CNS(=O)(=O)c1ccc(C)cc1C. The van der Waals surface area contributed by atoms with Crippen LogP contribution < -0.4 is 14.8 Å². The van der Waals surface area contributed by atoms with Gasteiger partial charge < -0.3 is 10.1 Å². The lowest BCUT2D eigenvalue weighted by Gasteiger charge is -2.12. The van der Waals surface area contributed by atoms with Gasteiger partial charge in [-0.2, -0.15) is 0 Å². The number of sulfonamides is 1. The number of rotatable bonds is 6. The Morgan fingerprint density at radius 3 is 2.52 bits per heavy atom. The van der Waals surface area contributed by atoms with Gasteiger partial charge in [-0.25, -0.2) is 13.1 Å². The highest BCUT2D eigenvalue weighted by Gasteiger charge is 2.18. The fourth-order valence-electron chi connectivity index (χ4n) is 2.31. The Labute approximate surface area is 152 Å². The Balaban J connectivity index is 2.08. The first-order chi connectivity index (χ1) is 11.7. The predicted molar refractivity (Wildman–Crippen MR) is 97.7 cm³/mol. The largest absolute Gasteiger partial charge is 0.495 e. The van der Waals surface area contributed by atoms with Crippen molar-refractivity contribution in [3.63, 3.8) is 0 Å². The summed E-state index contributed by atoms with van der Waals surface area (Å²) in [6.45, 7) is 3.17. The van der Waals surface area contributed by atoms with Crippen molar-refractivity contribution in [2.75, 3.05) is 19.0 Å². The van der Waals surface area contributed by atoms with E-state index < -0.39 is 22.5 Å². The third kappa shape index (κ3) is 4.94. The zero-order valence-electron chi connectivity index (χ0n) is 14.1. The average Bonchev–Trinajstić information content (AvgIpc) is 2.53. The summed E-state index contributed by atoms with van der Waals surface area (Å²) in [6.07, 6.45) is 0. The van der Waals surface area contributed by atoms with Crippen LogP contribution in [0.1, 0.15) is 11.1 Å². The van der Waals surface area contributed by atoms with Crippen LogP contribution in [0.15, 0.2) is 41.3 Å². The Hall–Kier alpha value is -2.09. The molecule has 0 saturated heterocycles. The number of hydrogen-bond acceptors (Lipinski definition) is 4. The minimum atomic E-state index is -3.79. The average molecular weight is 383 g/mol. The van der Waals surface area contributed by atoms with E-state index >= 15 is 0 Å².